The monoisotopic (exact) mass is 272 g/mol. The Bertz CT molecular complexity index is 686. The van der Waals surface area contributed by atoms with Crippen molar-refractivity contribution in [3.63, 3.8) is 0 Å². The Labute approximate surface area is 114 Å². The van der Waals surface area contributed by atoms with Crippen molar-refractivity contribution < 1.29 is 24.9 Å². The summed E-state index contributed by atoms with van der Waals surface area (Å²) in [6.45, 7) is 1.89. The van der Waals surface area contributed by atoms with E-state index in [0.29, 0.717) is 5.56 Å². The zero-order valence-corrected chi connectivity index (χ0v) is 10.6. The molecule has 2 aromatic rings. The van der Waals surface area contributed by atoms with E-state index in [0.717, 1.165) is 5.56 Å². The molecule has 0 aliphatic rings. The molecule has 0 fully saturated rings. The summed E-state index contributed by atoms with van der Waals surface area (Å²) in [5.74, 6) is -3.44. The number of carboxylic acids is 2. The smallest absolute Gasteiger partial charge is 0.340 e. The highest BCUT2D eigenvalue weighted by Gasteiger charge is 2.24. The molecule has 20 heavy (non-hydrogen) atoms. The minimum atomic E-state index is -1.48. The highest BCUT2D eigenvalue weighted by atomic mass is 16.4. The first kappa shape index (κ1) is 13.6. The molecule has 2 rings (SSSR count). The van der Waals surface area contributed by atoms with Gasteiger partial charge in [-0.15, -0.1) is 0 Å². The standard InChI is InChI=1S/C15H12O5/c1-8-2-4-9(5-3-8)10-6-7-11(16)13(15(19)20)12(10)14(17)18/h2-7,16H,1H3,(H,17,18)(H,19,20). The van der Waals surface area contributed by atoms with Gasteiger partial charge in [-0.05, 0) is 30.2 Å². The lowest BCUT2D eigenvalue weighted by Gasteiger charge is -2.11. The highest BCUT2D eigenvalue weighted by Crippen LogP contribution is 2.32. The molecule has 0 bridgehead atoms. The van der Waals surface area contributed by atoms with Gasteiger partial charge in [0.2, 0.25) is 0 Å². The van der Waals surface area contributed by atoms with Gasteiger partial charge in [0.15, 0.2) is 0 Å². The van der Waals surface area contributed by atoms with Crippen LogP contribution in [0.3, 0.4) is 0 Å². The lowest BCUT2D eigenvalue weighted by Crippen LogP contribution is -2.10. The number of rotatable bonds is 3. The average Bonchev–Trinajstić information content (AvgIpc) is 2.39. The molecule has 5 heteroatoms. The quantitative estimate of drug-likeness (QED) is 0.798. The van der Waals surface area contributed by atoms with E-state index in [1.54, 1.807) is 24.3 Å². The van der Waals surface area contributed by atoms with Crippen LogP contribution in [-0.2, 0) is 0 Å². The molecular weight excluding hydrogens is 260 g/mol. The Kier molecular flexibility index (Phi) is 3.43. The van der Waals surface area contributed by atoms with Crippen molar-refractivity contribution in [3.8, 4) is 16.9 Å². The van der Waals surface area contributed by atoms with E-state index in [4.69, 9.17) is 5.11 Å². The van der Waals surface area contributed by atoms with Crippen LogP contribution in [0.5, 0.6) is 5.75 Å². The summed E-state index contributed by atoms with van der Waals surface area (Å²) < 4.78 is 0. The number of phenols is 1. The minimum absolute atomic E-state index is 0.257. The second-order valence-electron chi connectivity index (χ2n) is 4.36. The normalized spacial score (nSPS) is 10.2. The first-order chi connectivity index (χ1) is 9.41. The van der Waals surface area contributed by atoms with Crippen LogP contribution in [0, 0.1) is 6.92 Å². The number of hydrogen-bond donors (Lipinski definition) is 3. The van der Waals surface area contributed by atoms with Crippen molar-refractivity contribution in [1.29, 1.82) is 0 Å². The van der Waals surface area contributed by atoms with Crippen LogP contribution in [-0.4, -0.2) is 27.3 Å². The molecule has 0 aromatic heterocycles. The molecule has 0 amide bonds. The minimum Gasteiger partial charge on any atom is -0.507 e. The summed E-state index contributed by atoms with van der Waals surface area (Å²) in [6, 6.07) is 9.60. The first-order valence-corrected chi connectivity index (χ1v) is 5.81. The van der Waals surface area contributed by atoms with Gasteiger partial charge in [-0.25, -0.2) is 9.59 Å². The molecule has 3 N–H and O–H groups in total. The van der Waals surface area contributed by atoms with Crippen molar-refractivity contribution in [2.24, 2.45) is 0 Å². The molecule has 2 aromatic carbocycles. The fourth-order valence-electron chi connectivity index (χ4n) is 2.00. The Balaban J connectivity index is 2.77. The van der Waals surface area contributed by atoms with Gasteiger partial charge in [0, 0.05) is 0 Å². The molecule has 0 saturated carbocycles. The van der Waals surface area contributed by atoms with Gasteiger partial charge in [-0.1, -0.05) is 29.8 Å². The second kappa shape index (κ2) is 5.05. The largest absolute Gasteiger partial charge is 0.507 e. The summed E-state index contributed by atoms with van der Waals surface area (Å²) in [7, 11) is 0. The number of carbonyl (C=O) groups is 2. The molecular formula is C15H12O5. The van der Waals surface area contributed by atoms with Gasteiger partial charge in [-0.2, -0.15) is 0 Å². The van der Waals surface area contributed by atoms with E-state index in [1.807, 2.05) is 6.92 Å². The van der Waals surface area contributed by atoms with Gasteiger partial charge in [-0.3, -0.25) is 0 Å². The van der Waals surface area contributed by atoms with Gasteiger partial charge in [0.05, 0.1) is 5.56 Å². The molecule has 0 spiro atoms. The number of aryl methyl sites for hydroxylation is 1. The summed E-state index contributed by atoms with van der Waals surface area (Å²) >= 11 is 0. The first-order valence-electron chi connectivity index (χ1n) is 5.81. The maximum atomic E-state index is 11.4. The summed E-state index contributed by atoms with van der Waals surface area (Å²) in [4.78, 5) is 22.5. The molecule has 0 unspecified atom stereocenters. The van der Waals surface area contributed by atoms with Crippen molar-refractivity contribution in [1.82, 2.24) is 0 Å². The van der Waals surface area contributed by atoms with E-state index in [2.05, 4.69) is 0 Å². The summed E-state index contributed by atoms with van der Waals surface area (Å²) in [6.07, 6.45) is 0. The van der Waals surface area contributed by atoms with E-state index in [1.165, 1.54) is 12.1 Å². The lowest BCUT2D eigenvalue weighted by molar-refractivity contribution is 0.0649. The predicted octanol–water partition coefficient (Wildman–Crippen LogP) is 2.76. The molecule has 0 radical (unpaired) electrons. The third-order valence-corrected chi connectivity index (χ3v) is 2.97. The Morgan fingerprint density at radius 2 is 1.40 bits per heavy atom. The van der Waals surface area contributed by atoms with Crippen LogP contribution in [0.4, 0.5) is 0 Å². The molecule has 0 atom stereocenters. The number of hydrogen-bond acceptors (Lipinski definition) is 3. The third kappa shape index (κ3) is 2.33. The molecule has 0 aliphatic carbocycles. The lowest BCUT2D eigenvalue weighted by atomic mass is 9.94. The third-order valence-electron chi connectivity index (χ3n) is 2.97. The molecule has 0 saturated heterocycles. The fraction of sp³-hybridized carbons (Fsp3) is 0.0667. The Hall–Kier alpha value is -2.82. The Morgan fingerprint density at radius 1 is 0.850 bits per heavy atom. The van der Waals surface area contributed by atoms with Crippen LogP contribution in [0.25, 0.3) is 11.1 Å². The predicted molar refractivity (Wildman–Crippen MR) is 72.2 cm³/mol. The molecule has 0 heterocycles. The second-order valence-corrected chi connectivity index (χ2v) is 4.36. The SMILES string of the molecule is Cc1ccc(-c2ccc(O)c(C(=O)O)c2C(=O)O)cc1. The van der Waals surface area contributed by atoms with Crippen LogP contribution < -0.4 is 0 Å². The summed E-state index contributed by atoms with van der Waals surface area (Å²) in [5, 5.41) is 27.9. The highest BCUT2D eigenvalue weighted by molar-refractivity contribution is 6.08. The van der Waals surface area contributed by atoms with E-state index >= 15 is 0 Å². The topological polar surface area (TPSA) is 94.8 Å². The van der Waals surface area contributed by atoms with Crippen molar-refractivity contribution in [2.45, 2.75) is 6.92 Å². The van der Waals surface area contributed by atoms with E-state index in [9.17, 15) is 19.8 Å². The van der Waals surface area contributed by atoms with E-state index < -0.39 is 28.8 Å². The zero-order valence-electron chi connectivity index (χ0n) is 10.6. The van der Waals surface area contributed by atoms with Gasteiger partial charge < -0.3 is 15.3 Å². The van der Waals surface area contributed by atoms with Gasteiger partial charge in [0.25, 0.3) is 0 Å². The number of aromatic hydroxyl groups is 1. The molecule has 5 nitrogen and oxygen atoms in total. The number of carboxylic acid groups (broad SMARTS) is 2. The van der Waals surface area contributed by atoms with Crippen LogP contribution in [0.1, 0.15) is 26.3 Å². The summed E-state index contributed by atoms with van der Waals surface area (Å²) in [5.41, 5.74) is 0.822. The maximum Gasteiger partial charge on any atom is 0.340 e. The van der Waals surface area contributed by atoms with Crippen LogP contribution in [0.15, 0.2) is 36.4 Å². The number of aromatic carboxylic acids is 2. The molecule has 0 aliphatic heterocycles. The maximum absolute atomic E-state index is 11.4. The van der Waals surface area contributed by atoms with Gasteiger partial charge >= 0.3 is 11.9 Å². The number of benzene rings is 2. The fourth-order valence-corrected chi connectivity index (χ4v) is 2.00. The molecule has 102 valence electrons. The zero-order chi connectivity index (χ0) is 14.9. The van der Waals surface area contributed by atoms with Crippen molar-refractivity contribution in [2.75, 3.05) is 0 Å². The van der Waals surface area contributed by atoms with Crippen LogP contribution in [0.2, 0.25) is 0 Å². The Morgan fingerprint density at radius 3 is 1.90 bits per heavy atom. The average molecular weight is 272 g/mol. The van der Waals surface area contributed by atoms with Crippen LogP contribution >= 0.6 is 0 Å². The van der Waals surface area contributed by atoms with Crippen molar-refractivity contribution >= 4 is 11.9 Å². The van der Waals surface area contributed by atoms with Gasteiger partial charge in [0.1, 0.15) is 11.3 Å². The van der Waals surface area contributed by atoms with Crippen molar-refractivity contribution in [3.05, 3.63) is 53.1 Å². The van der Waals surface area contributed by atoms with E-state index in [-0.39, 0.29) is 5.56 Å².